The molecule has 0 bridgehead atoms. The van der Waals surface area contributed by atoms with E-state index in [9.17, 15) is 26.7 Å². The fourth-order valence-corrected chi connectivity index (χ4v) is 4.65. The standard InChI is InChI=1S/C23H29F5N6O/c1-21(2,3)18-15(9-13-8-14(23(26,27)28)10-30-19(13)35)33-34-11-16(31-20(34)32-18)17(29)12-4-6-22(24,25)7-5-12/h11,13-14H,4-10,29H2,1-3H3,(H,30,35)/t13-,14+/m1/s1. The molecule has 12 heteroatoms. The molecule has 2 atom stereocenters. The summed E-state index contributed by atoms with van der Waals surface area (Å²) in [6, 6.07) is 0. The number of alkyl halides is 5. The molecule has 2 fully saturated rings. The Hall–Kier alpha value is -2.79. The Labute approximate surface area is 199 Å². The first-order valence-corrected chi connectivity index (χ1v) is 11.6. The lowest BCUT2D eigenvalue weighted by Crippen LogP contribution is -2.47. The van der Waals surface area contributed by atoms with Crippen LogP contribution in [0.4, 0.5) is 22.0 Å². The van der Waals surface area contributed by atoms with Gasteiger partial charge in [0.25, 0.3) is 5.78 Å². The molecule has 4 rings (SSSR count). The van der Waals surface area contributed by atoms with Crippen LogP contribution in [0.1, 0.15) is 70.0 Å². The third-order valence-corrected chi connectivity index (χ3v) is 6.70. The summed E-state index contributed by atoms with van der Waals surface area (Å²) >= 11 is 0. The second kappa shape index (κ2) is 8.70. The summed E-state index contributed by atoms with van der Waals surface area (Å²) in [6.45, 7) is 5.23. The molecule has 192 valence electrons. The van der Waals surface area contributed by atoms with Gasteiger partial charge in [-0.05, 0) is 24.8 Å². The van der Waals surface area contributed by atoms with Gasteiger partial charge in [0.1, 0.15) is 5.69 Å². The zero-order chi connectivity index (χ0) is 25.8. The topological polar surface area (TPSA) is 98.2 Å². The number of fused-ring (bicyclic) bond motifs is 1. The first-order chi connectivity index (χ1) is 16.1. The number of nitrogens with two attached hydrogens (primary N) is 1. The van der Waals surface area contributed by atoms with E-state index in [1.165, 1.54) is 10.7 Å². The van der Waals surface area contributed by atoms with E-state index in [1.807, 2.05) is 20.8 Å². The molecule has 3 heterocycles. The van der Waals surface area contributed by atoms with E-state index >= 15 is 0 Å². The maximum Gasteiger partial charge on any atom is 0.393 e. The molecule has 1 amide bonds. The molecule has 1 saturated carbocycles. The fraction of sp³-hybridized carbons (Fsp3) is 0.652. The van der Waals surface area contributed by atoms with Crippen molar-refractivity contribution in [2.24, 2.45) is 17.6 Å². The summed E-state index contributed by atoms with van der Waals surface area (Å²) in [5.41, 5.74) is 8.02. The molecular weight excluding hydrogens is 471 g/mol. The van der Waals surface area contributed by atoms with Gasteiger partial charge in [-0.2, -0.15) is 18.3 Å². The van der Waals surface area contributed by atoms with Crippen LogP contribution in [0.3, 0.4) is 0 Å². The molecule has 0 spiro atoms. The maximum absolute atomic E-state index is 13.5. The van der Waals surface area contributed by atoms with E-state index < -0.39 is 41.8 Å². The Morgan fingerprint density at radius 1 is 1.20 bits per heavy atom. The van der Waals surface area contributed by atoms with Crippen molar-refractivity contribution in [3.05, 3.63) is 28.9 Å². The first kappa shape index (κ1) is 25.3. The van der Waals surface area contributed by atoms with Gasteiger partial charge in [0, 0.05) is 37.1 Å². The average molecular weight is 501 g/mol. The zero-order valence-corrected chi connectivity index (χ0v) is 19.8. The van der Waals surface area contributed by atoms with E-state index in [0.29, 0.717) is 28.4 Å². The summed E-state index contributed by atoms with van der Waals surface area (Å²) in [7, 11) is 0. The summed E-state index contributed by atoms with van der Waals surface area (Å²) in [4.78, 5) is 21.4. The molecule has 0 radical (unpaired) electrons. The third kappa shape index (κ3) is 5.40. The van der Waals surface area contributed by atoms with Crippen molar-refractivity contribution in [1.29, 1.82) is 0 Å². The van der Waals surface area contributed by atoms with Gasteiger partial charge in [-0.3, -0.25) is 4.79 Å². The van der Waals surface area contributed by atoms with Gasteiger partial charge in [-0.25, -0.2) is 23.3 Å². The minimum absolute atomic E-state index is 0.00682. The van der Waals surface area contributed by atoms with Gasteiger partial charge in [0.15, 0.2) is 0 Å². The summed E-state index contributed by atoms with van der Waals surface area (Å²) in [6.07, 6.45) is -3.40. The number of rotatable bonds is 3. The molecule has 35 heavy (non-hydrogen) atoms. The Kier molecular flexibility index (Phi) is 6.29. The van der Waals surface area contributed by atoms with Crippen LogP contribution in [0.25, 0.3) is 11.5 Å². The van der Waals surface area contributed by atoms with E-state index in [4.69, 9.17) is 5.73 Å². The number of hydrogen-bond acceptors (Lipinski definition) is 5. The Balaban J connectivity index is 1.68. The summed E-state index contributed by atoms with van der Waals surface area (Å²) in [5.74, 6) is -5.42. The van der Waals surface area contributed by atoms with E-state index in [-0.39, 0.29) is 44.3 Å². The van der Waals surface area contributed by atoms with Crippen molar-refractivity contribution in [3.63, 3.8) is 0 Å². The monoisotopic (exact) mass is 500 g/mol. The minimum Gasteiger partial charge on any atom is -0.397 e. The highest BCUT2D eigenvalue weighted by molar-refractivity contribution is 5.79. The van der Waals surface area contributed by atoms with Gasteiger partial charge in [0.05, 0.1) is 29.2 Å². The van der Waals surface area contributed by atoms with Crippen LogP contribution in [0.5, 0.6) is 0 Å². The van der Waals surface area contributed by atoms with E-state index in [1.54, 1.807) is 0 Å². The number of imidazole rings is 1. The number of allylic oxidation sites excluding steroid dienone is 1. The van der Waals surface area contributed by atoms with Crippen LogP contribution in [0, 0.1) is 11.8 Å². The molecule has 2 aliphatic rings. The van der Waals surface area contributed by atoms with Crippen molar-refractivity contribution in [2.45, 2.75) is 76.8 Å². The molecule has 1 saturated heterocycles. The number of carbonyl (C=O) groups is 1. The average Bonchev–Trinajstić information content (AvgIpc) is 3.16. The van der Waals surface area contributed by atoms with E-state index in [2.05, 4.69) is 20.4 Å². The lowest BCUT2D eigenvalue weighted by atomic mass is 9.83. The smallest absolute Gasteiger partial charge is 0.393 e. The highest BCUT2D eigenvalue weighted by Gasteiger charge is 2.45. The Morgan fingerprint density at radius 3 is 2.46 bits per heavy atom. The van der Waals surface area contributed by atoms with Crippen LogP contribution in [0.2, 0.25) is 0 Å². The molecule has 0 aromatic carbocycles. The summed E-state index contributed by atoms with van der Waals surface area (Å²) < 4.78 is 68.3. The van der Waals surface area contributed by atoms with Crippen molar-refractivity contribution in [2.75, 3.05) is 6.54 Å². The van der Waals surface area contributed by atoms with Gasteiger partial charge < -0.3 is 11.1 Å². The quantitative estimate of drug-likeness (QED) is 0.617. The normalized spacial score (nSPS) is 23.4. The second-order valence-electron chi connectivity index (χ2n) is 10.5. The minimum atomic E-state index is -4.40. The van der Waals surface area contributed by atoms with Gasteiger partial charge in [-0.15, -0.1) is 0 Å². The molecule has 7 nitrogen and oxygen atoms in total. The predicted octanol–water partition coefficient (Wildman–Crippen LogP) is 4.16. The lowest BCUT2D eigenvalue weighted by molar-refractivity contribution is -0.183. The molecule has 1 aliphatic heterocycles. The largest absolute Gasteiger partial charge is 0.397 e. The molecular formula is C23H29F5N6O. The fourth-order valence-electron chi connectivity index (χ4n) is 4.65. The van der Waals surface area contributed by atoms with Crippen molar-refractivity contribution in [1.82, 2.24) is 24.9 Å². The Bertz CT molecular complexity index is 1150. The van der Waals surface area contributed by atoms with Gasteiger partial charge in [0.2, 0.25) is 11.8 Å². The highest BCUT2D eigenvalue weighted by Crippen LogP contribution is 2.38. The molecule has 1 aliphatic carbocycles. The number of amides is 1. The zero-order valence-electron chi connectivity index (χ0n) is 19.8. The number of carbonyl (C=O) groups excluding carboxylic acids is 1. The van der Waals surface area contributed by atoms with Crippen LogP contribution in [0.15, 0.2) is 11.8 Å². The van der Waals surface area contributed by atoms with Crippen LogP contribution < -0.4 is 11.1 Å². The number of halogens is 5. The molecule has 0 unspecified atom stereocenters. The Morgan fingerprint density at radius 2 is 1.86 bits per heavy atom. The number of aromatic nitrogens is 4. The number of nitrogens with one attached hydrogen (secondary N) is 1. The predicted molar refractivity (Wildman–Crippen MR) is 118 cm³/mol. The van der Waals surface area contributed by atoms with Crippen molar-refractivity contribution < 1.29 is 26.7 Å². The van der Waals surface area contributed by atoms with E-state index in [0.717, 1.165) is 0 Å². The van der Waals surface area contributed by atoms with Crippen molar-refractivity contribution >= 4 is 17.4 Å². The third-order valence-electron chi connectivity index (χ3n) is 6.70. The maximum atomic E-state index is 13.5. The SMILES string of the molecule is CC(C)(C)c1nc2nc(C(N)=C3CCC(F)(F)CC3)cn2nc1C[C@H]1C[C@H](C(F)(F)F)CNC1=O. The number of hydrogen-bond donors (Lipinski definition) is 2. The number of nitrogens with zero attached hydrogens (tertiary/aromatic N) is 4. The molecule has 2 aromatic heterocycles. The highest BCUT2D eigenvalue weighted by atomic mass is 19.4. The second-order valence-corrected chi connectivity index (χ2v) is 10.5. The molecule has 3 N–H and O–H groups in total. The first-order valence-electron chi connectivity index (χ1n) is 11.6. The van der Waals surface area contributed by atoms with Crippen molar-refractivity contribution in [3.8, 4) is 0 Å². The van der Waals surface area contributed by atoms with Crippen LogP contribution in [-0.4, -0.2) is 44.1 Å². The van der Waals surface area contributed by atoms with Gasteiger partial charge >= 0.3 is 6.18 Å². The van der Waals surface area contributed by atoms with Crippen LogP contribution in [-0.2, 0) is 16.6 Å². The van der Waals surface area contributed by atoms with Gasteiger partial charge in [-0.1, -0.05) is 20.8 Å². The number of piperidine rings is 1. The lowest BCUT2D eigenvalue weighted by Gasteiger charge is -2.31. The van der Waals surface area contributed by atoms with Crippen LogP contribution >= 0.6 is 0 Å². The summed E-state index contributed by atoms with van der Waals surface area (Å²) in [5, 5.41) is 6.92. The molecule has 2 aromatic rings.